The third kappa shape index (κ3) is 3.14. The van der Waals surface area contributed by atoms with Gasteiger partial charge in [0.1, 0.15) is 6.33 Å². The molecule has 1 aromatic heterocycles. The monoisotopic (exact) mass is 198 g/mol. The number of ether oxygens (including phenoxy) is 1. The average molecular weight is 198 g/mol. The van der Waals surface area contributed by atoms with Crippen molar-refractivity contribution in [2.24, 2.45) is 5.73 Å². The predicted octanol–water partition coefficient (Wildman–Crippen LogP) is -0.198. The molecule has 1 heterocycles. The molecule has 0 aliphatic carbocycles. The number of rotatable bonds is 5. The molecule has 0 aliphatic rings. The lowest BCUT2D eigenvalue weighted by Gasteiger charge is -2.06. The van der Waals surface area contributed by atoms with Crippen LogP contribution >= 0.6 is 0 Å². The SMILES string of the molecule is CC(C)OCCn1cnc(C(N)=O)n1. The molecule has 6 nitrogen and oxygen atoms in total. The Morgan fingerprint density at radius 3 is 2.93 bits per heavy atom. The van der Waals surface area contributed by atoms with Crippen molar-refractivity contribution >= 4 is 5.91 Å². The molecule has 0 fully saturated rings. The van der Waals surface area contributed by atoms with Gasteiger partial charge in [-0.2, -0.15) is 0 Å². The van der Waals surface area contributed by atoms with Crippen molar-refractivity contribution in [1.82, 2.24) is 14.8 Å². The molecule has 0 aromatic carbocycles. The fourth-order valence-corrected chi connectivity index (χ4v) is 0.897. The second kappa shape index (κ2) is 4.71. The maximum atomic E-state index is 10.6. The summed E-state index contributed by atoms with van der Waals surface area (Å²) in [6, 6.07) is 0. The van der Waals surface area contributed by atoms with Gasteiger partial charge in [-0.15, -0.1) is 5.10 Å². The molecule has 14 heavy (non-hydrogen) atoms. The Hall–Kier alpha value is -1.43. The third-order valence-corrected chi connectivity index (χ3v) is 1.53. The van der Waals surface area contributed by atoms with Crippen LogP contribution in [-0.4, -0.2) is 33.4 Å². The van der Waals surface area contributed by atoms with Crippen LogP contribution in [0.5, 0.6) is 0 Å². The number of carbonyl (C=O) groups is 1. The van der Waals surface area contributed by atoms with E-state index in [2.05, 4.69) is 10.1 Å². The fraction of sp³-hybridized carbons (Fsp3) is 0.625. The highest BCUT2D eigenvalue weighted by molar-refractivity contribution is 5.88. The van der Waals surface area contributed by atoms with Crippen molar-refractivity contribution in [1.29, 1.82) is 0 Å². The van der Waals surface area contributed by atoms with E-state index in [1.54, 1.807) is 0 Å². The van der Waals surface area contributed by atoms with Crippen LogP contribution in [-0.2, 0) is 11.3 Å². The van der Waals surface area contributed by atoms with Gasteiger partial charge in [-0.25, -0.2) is 9.67 Å². The number of aromatic nitrogens is 3. The van der Waals surface area contributed by atoms with Gasteiger partial charge in [0.05, 0.1) is 19.3 Å². The zero-order valence-corrected chi connectivity index (χ0v) is 8.30. The Kier molecular flexibility index (Phi) is 3.58. The number of carbonyl (C=O) groups excluding carboxylic acids is 1. The van der Waals surface area contributed by atoms with Crippen LogP contribution in [0, 0.1) is 0 Å². The minimum absolute atomic E-state index is 0.0366. The molecule has 1 rings (SSSR count). The first kappa shape index (κ1) is 10.6. The van der Waals surface area contributed by atoms with Crippen LogP contribution in [0.15, 0.2) is 6.33 Å². The van der Waals surface area contributed by atoms with Gasteiger partial charge in [0.2, 0.25) is 5.82 Å². The van der Waals surface area contributed by atoms with E-state index >= 15 is 0 Å². The molecule has 0 saturated carbocycles. The van der Waals surface area contributed by atoms with Crippen molar-refractivity contribution in [3.8, 4) is 0 Å². The number of amides is 1. The first-order valence-corrected chi connectivity index (χ1v) is 4.40. The smallest absolute Gasteiger partial charge is 0.288 e. The lowest BCUT2D eigenvalue weighted by atomic mass is 10.5. The summed E-state index contributed by atoms with van der Waals surface area (Å²) in [4.78, 5) is 14.4. The summed E-state index contributed by atoms with van der Waals surface area (Å²) in [5.74, 6) is -0.580. The first-order valence-electron chi connectivity index (χ1n) is 4.40. The summed E-state index contributed by atoms with van der Waals surface area (Å²) in [6.45, 7) is 5.02. The van der Waals surface area contributed by atoms with Gasteiger partial charge in [-0.05, 0) is 13.8 Å². The summed E-state index contributed by atoms with van der Waals surface area (Å²) in [5.41, 5.74) is 5.00. The van der Waals surface area contributed by atoms with E-state index in [0.717, 1.165) is 0 Å². The standard InChI is InChI=1S/C8H14N4O2/c1-6(2)14-4-3-12-5-10-8(11-12)7(9)13/h5-6H,3-4H2,1-2H3,(H2,9,13). The highest BCUT2D eigenvalue weighted by atomic mass is 16.5. The number of nitrogens with two attached hydrogens (primary N) is 1. The Balaban J connectivity index is 2.40. The van der Waals surface area contributed by atoms with Crippen molar-refractivity contribution in [3.63, 3.8) is 0 Å². The molecule has 78 valence electrons. The molecule has 0 unspecified atom stereocenters. The van der Waals surface area contributed by atoms with Crippen LogP contribution in [0.4, 0.5) is 0 Å². The minimum Gasteiger partial charge on any atom is -0.377 e. The van der Waals surface area contributed by atoms with E-state index in [1.165, 1.54) is 11.0 Å². The summed E-state index contributed by atoms with van der Waals surface area (Å²) < 4.78 is 6.84. The van der Waals surface area contributed by atoms with Gasteiger partial charge >= 0.3 is 0 Å². The lowest BCUT2D eigenvalue weighted by Crippen LogP contribution is -2.15. The van der Waals surface area contributed by atoms with E-state index in [9.17, 15) is 4.79 Å². The topological polar surface area (TPSA) is 83.0 Å². The second-order valence-corrected chi connectivity index (χ2v) is 3.12. The average Bonchev–Trinajstić information content (AvgIpc) is 2.52. The number of primary amides is 1. The van der Waals surface area contributed by atoms with Gasteiger partial charge < -0.3 is 10.5 Å². The highest BCUT2D eigenvalue weighted by Gasteiger charge is 2.05. The third-order valence-electron chi connectivity index (χ3n) is 1.53. The van der Waals surface area contributed by atoms with Crippen LogP contribution in [0.2, 0.25) is 0 Å². The highest BCUT2D eigenvalue weighted by Crippen LogP contribution is 1.91. The molecular formula is C8H14N4O2. The van der Waals surface area contributed by atoms with E-state index in [0.29, 0.717) is 13.2 Å². The molecular weight excluding hydrogens is 184 g/mol. The fourth-order valence-electron chi connectivity index (χ4n) is 0.897. The van der Waals surface area contributed by atoms with Crippen LogP contribution in [0.1, 0.15) is 24.5 Å². The van der Waals surface area contributed by atoms with Crippen molar-refractivity contribution in [2.45, 2.75) is 26.5 Å². The van der Waals surface area contributed by atoms with E-state index < -0.39 is 5.91 Å². The zero-order chi connectivity index (χ0) is 10.6. The maximum absolute atomic E-state index is 10.6. The lowest BCUT2D eigenvalue weighted by molar-refractivity contribution is 0.0707. The normalized spacial score (nSPS) is 10.8. The number of nitrogens with zero attached hydrogens (tertiary/aromatic N) is 3. The second-order valence-electron chi connectivity index (χ2n) is 3.12. The number of hydrogen-bond acceptors (Lipinski definition) is 4. The summed E-state index contributed by atoms with van der Waals surface area (Å²) in [6.07, 6.45) is 1.65. The van der Waals surface area contributed by atoms with Crippen molar-refractivity contribution < 1.29 is 9.53 Å². The Morgan fingerprint density at radius 2 is 2.43 bits per heavy atom. The van der Waals surface area contributed by atoms with E-state index in [-0.39, 0.29) is 11.9 Å². The predicted molar refractivity (Wildman–Crippen MR) is 49.6 cm³/mol. The van der Waals surface area contributed by atoms with E-state index in [1.807, 2.05) is 13.8 Å². The van der Waals surface area contributed by atoms with Crippen molar-refractivity contribution in [3.05, 3.63) is 12.2 Å². The molecule has 0 saturated heterocycles. The minimum atomic E-state index is -0.617. The molecule has 2 N–H and O–H groups in total. The molecule has 0 spiro atoms. The van der Waals surface area contributed by atoms with Crippen LogP contribution in [0.3, 0.4) is 0 Å². The van der Waals surface area contributed by atoms with E-state index in [4.69, 9.17) is 10.5 Å². The Labute approximate surface area is 82.1 Å². The van der Waals surface area contributed by atoms with Crippen molar-refractivity contribution in [2.75, 3.05) is 6.61 Å². The first-order chi connectivity index (χ1) is 6.59. The Bertz CT molecular complexity index is 308. The molecule has 0 bridgehead atoms. The molecule has 6 heteroatoms. The summed E-state index contributed by atoms with van der Waals surface area (Å²) in [5, 5.41) is 3.86. The van der Waals surface area contributed by atoms with Gasteiger partial charge in [-0.3, -0.25) is 4.79 Å². The van der Waals surface area contributed by atoms with Gasteiger partial charge in [0.25, 0.3) is 5.91 Å². The van der Waals surface area contributed by atoms with Gasteiger partial charge in [-0.1, -0.05) is 0 Å². The van der Waals surface area contributed by atoms with Gasteiger partial charge in [0.15, 0.2) is 0 Å². The molecule has 1 amide bonds. The molecule has 0 aliphatic heterocycles. The van der Waals surface area contributed by atoms with Crippen LogP contribution < -0.4 is 5.73 Å². The Morgan fingerprint density at radius 1 is 1.71 bits per heavy atom. The van der Waals surface area contributed by atoms with Crippen LogP contribution in [0.25, 0.3) is 0 Å². The largest absolute Gasteiger partial charge is 0.377 e. The summed E-state index contributed by atoms with van der Waals surface area (Å²) >= 11 is 0. The quantitative estimate of drug-likeness (QED) is 0.710. The summed E-state index contributed by atoms with van der Waals surface area (Å²) in [7, 11) is 0. The molecule has 0 radical (unpaired) electrons. The zero-order valence-electron chi connectivity index (χ0n) is 8.30. The molecule has 0 atom stereocenters. The maximum Gasteiger partial charge on any atom is 0.288 e. The van der Waals surface area contributed by atoms with Gasteiger partial charge in [0, 0.05) is 0 Å². The molecule has 1 aromatic rings. The number of hydrogen-bond donors (Lipinski definition) is 1.